The average molecular weight is 276 g/mol. The van der Waals surface area contributed by atoms with Gasteiger partial charge in [-0.15, -0.1) is 0 Å². The summed E-state index contributed by atoms with van der Waals surface area (Å²) in [6.45, 7) is 5.79. The van der Waals surface area contributed by atoms with E-state index in [4.69, 9.17) is 0 Å². The molecule has 1 unspecified atom stereocenters. The van der Waals surface area contributed by atoms with Crippen LogP contribution in [-0.4, -0.2) is 36.3 Å². The van der Waals surface area contributed by atoms with Crippen LogP contribution in [-0.2, 0) is 5.75 Å². The molecule has 1 N–H and O–H groups in total. The molecule has 0 radical (unpaired) electrons. The van der Waals surface area contributed by atoms with Crippen LogP contribution in [0.25, 0.3) is 0 Å². The monoisotopic (exact) mass is 276 g/mol. The molecule has 0 bridgehead atoms. The minimum absolute atomic E-state index is 0.549. The van der Waals surface area contributed by atoms with Gasteiger partial charge in [0.2, 0.25) is 0 Å². The molecule has 1 heterocycles. The zero-order valence-corrected chi connectivity index (χ0v) is 12.6. The van der Waals surface area contributed by atoms with Crippen LogP contribution in [0.3, 0.4) is 0 Å². The zero-order valence-electron chi connectivity index (χ0n) is 11.8. The Hall–Kier alpha value is -0.510. The third-order valence-corrected chi connectivity index (χ3v) is 5.32. The van der Waals surface area contributed by atoms with Crippen LogP contribution in [0, 0.1) is 0 Å². The number of likely N-dealkylation sites (N-methyl/N-ethyl adjacent to an activating group) is 1. The highest BCUT2D eigenvalue weighted by molar-refractivity contribution is 7.98. The van der Waals surface area contributed by atoms with Crippen molar-refractivity contribution in [2.45, 2.75) is 37.6 Å². The molecule has 3 rings (SSSR count). The molecule has 1 saturated carbocycles. The van der Waals surface area contributed by atoms with E-state index in [1.807, 2.05) is 0 Å². The average Bonchev–Trinajstić information content (AvgIpc) is 3.28. The van der Waals surface area contributed by atoms with Gasteiger partial charge in [0.05, 0.1) is 0 Å². The predicted molar refractivity (Wildman–Crippen MR) is 83.6 cm³/mol. The number of hydrogen-bond acceptors (Lipinski definition) is 3. The Bertz CT molecular complexity index is 417. The molecule has 104 valence electrons. The number of fused-ring (bicyclic) bond motifs is 1. The maximum atomic E-state index is 3.76. The van der Waals surface area contributed by atoms with E-state index in [-0.39, 0.29) is 0 Å². The van der Waals surface area contributed by atoms with Crippen molar-refractivity contribution in [3.63, 3.8) is 0 Å². The second-order valence-corrected chi connectivity index (χ2v) is 6.61. The Morgan fingerprint density at radius 1 is 1.32 bits per heavy atom. The molecule has 1 aromatic rings. The van der Waals surface area contributed by atoms with E-state index in [0.29, 0.717) is 6.04 Å². The van der Waals surface area contributed by atoms with Crippen LogP contribution in [0.1, 0.15) is 36.9 Å². The SMILES string of the molecule is CCN(CCNC1CSCc2ccccc21)C1CC1. The molecule has 0 saturated heterocycles. The standard InChI is InChI=1S/C16H24N2S/c1-2-18(14-7-8-14)10-9-17-16-12-19-11-13-5-3-4-6-15(13)16/h3-6,14,16-17H,2,7-12H2,1H3. The third-order valence-electron chi connectivity index (χ3n) is 4.23. The topological polar surface area (TPSA) is 15.3 Å². The molecule has 2 nitrogen and oxygen atoms in total. The van der Waals surface area contributed by atoms with Gasteiger partial charge in [-0.25, -0.2) is 0 Å². The van der Waals surface area contributed by atoms with Crippen LogP contribution < -0.4 is 5.32 Å². The number of nitrogens with zero attached hydrogens (tertiary/aromatic N) is 1. The largest absolute Gasteiger partial charge is 0.308 e. The lowest BCUT2D eigenvalue weighted by atomic mass is 10.0. The first kappa shape index (κ1) is 13.5. The first-order valence-corrected chi connectivity index (χ1v) is 8.67. The minimum Gasteiger partial charge on any atom is -0.308 e. The van der Waals surface area contributed by atoms with Crippen LogP contribution in [0.2, 0.25) is 0 Å². The van der Waals surface area contributed by atoms with Gasteiger partial charge in [0, 0.05) is 36.7 Å². The molecule has 1 atom stereocenters. The lowest BCUT2D eigenvalue weighted by molar-refractivity contribution is 0.273. The van der Waals surface area contributed by atoms with Crippen molar-refractivity contribution in [2.75, 3.05) is 25.4 Å². The summed E-state index contributed by atoms with van der Waals surface area (Å²) >= 11 is 2.05. The van der Waals surface area contributed by atoms with Crippen LogP contribution >= 0.6 is 11.8 Å². The number of hydrogen-bond donors (Lipinski definition) is 1. The lowest BCUT2D eigenvalue weighted by Crippen LogP contribution is -2.36. The molecule has 1 aromatic carbocycles. The van der Waals surface area contributed by atoms with Crippen LogP contribution in [0.4, 0.5) is 0 Å². The van der Waals surface area contributed by atoms with Gasteiger partial charge >= 0.3 is 0 Å². The fourth-order valence-electron chi connectivity index (χ4n) is 2.97. The van der Waals surface area contributed by atoms with Crippen molar-refractivity contribution >= 4 is 11.8 Å². The summed E-state index contributed by atoms with van der Waals surface area (Å²) in [5, 5.41) is 3.76. The molecule has 2 aliphatic rings. The first-order chi connectivity index (χ1) is 9.38. The molecule has 19 heavy (non-hydrogen) atoms. The predicted octanol–water partition coefficient (Wildman–Crippen LogP) is 3.05. The Balaban J connectivity index is 1.53. The molecular formula is C16H24N2S. The van der Waals surface area contributed by atoms with Crippen molar-refractivity contribution in [3.05, 3.63) is 35.4 Å². The zero-order chi connectivity index (χ0) is 13.1. The highest BCUT2D eigenvalue weighted by Gasteiger charge is 2.27. The van der Waals surface area contributed by atoms with Crippen molar-refractivity contribution in [1.82, 2.24) is 10.2 Å². The van der Waals surface area contributed by atoms with E-state index < -0.39 is 0 Å². The van der Waals surface area contributed by atoms with Crippen molar-refractivity contribution < 1.29 is 0 Å². The molecule has 0 spiro atoms. The quantitative estimate of drug-likeness (QED) is 0.860. The molecule has 1 aliphatic carbocycles. The second kappa shape index (κ2) is 6.29. The first-order valence-electron chi connectivity index (χ1n) is 7.51. The van der Waals surface area contributed by atoms with Gasteiger partial charge in [-0.05, 0) is 30.5 Å². The van der Waals surface area contributed by atoms with E-state index in [1.165, 1.54) is 48.6 Å². The Kier molecular flexibility index (Phi) is 4.46. The summed E-state index contributed by atoms with van der Waals surface area (Å²) < 4.78 is 0. The van der Waals surface area contributed by atoms with Gasteiger partial charge in [-0.3, -0.25) is 4.90 Å². The molecule has 1 aliphatic heterocycles. The third kappa shape index (κ3) is 3.33. The van der Waals surface area contributed by atoms with Gasteiger partial charge in [0.25, 0.3) is 0 Å². The molecule has 3 heteroatoms. The molecule has 0 aromatic heterocycles. The highest BCUT2D eigenvalue weighted by atomic mass is 32.2. The van der Waals surface area contributed by atoms with Gasteiger partial charge in [-0.1, -0.05) is 31.2 Å². The van der Waals surface area contributed by atoms with Crippen molar-refractivity contribution in [1.29, 1.82) is 0 Å². The molecule has 0 amide bonds. The van der Waals surface area contributed by atoms with Crippen molar-refractivity contribution in [2.24, 2.45) is 0 Å². The Morgan fingerprint density at radius 3 is 2.95 bits per heavy atom. The van der Waals surface area contributed by atoms with Gasteiger partial charge < -0.3 is 5.32 Å². The van der Waals surface area contributed by atoms with Gasteiger partial charge in [-0.2, -0.15) is 11.8 Å². The fourth-order valence-corrected chi connectivity index (χ4v) is 4.11. The van der Waals surface area contributed by atoms with E-state index >= 15 is 0 Å². The highest BCUT2D eigenvalue weighted by Crippen LogP contribution is 2.31. The van der Waals surface area contributed by atoms with E-state index in [2.05, 4.69) is 53.2 Å². The smallest absolute Gasteiger partial charge is 0.0415 e. The number of benzene rings is 1. The van der Waals surface area contributed by atoms with Crippen LogP contribution in [0.15, 0.2) is 24.3 Å². The second-order valence-electron chi connectivity index (χ2n) is 5.58. The number of thioether (sulfide) groups is 1. The summed E-state index contributed by atoms with van der Waals surface area (Å²) in [6.07, 6.45) is 2.83. The summed E-state index contributed by atoms with van der Waals surface area (Å²) in [5.41, 5.74) is 3.04. The maximum absolute atomic E-state index is 3.76. The summed E-state index contributed by atoms with van der Waals surface area (Å²) in [7, 11) is 0. The van der Waals surface area contributed by atoms with Crippen molar-refractivity contribution in [3.8, 4) is 0 Å². The minimum atomic E-state index is 0.549. The molecule has 1 fully saturated rings. The Morgan fingerprint density at radius 2 is 2.16 bits per heavy atom. The van der Waals surface area contributed by atoms with Gasteiger partial charge in [0.1, 0.15) is 0 Å². The van der Waals surface area contributed by atoms with Crippen LogP contribution in [0.5, 0.6) is 0 Å². The number of nitrogens with one attached hydrogen (secondary N) is 1. The van der Waals surface area contributed by atoms with E-state index in [9.17, 15) is 0 Å². The fraction of sp³-hybridized carbons (Fsp3) is 0.625. The number of rotatable bonds is 6. The Labute approximate surface area is 121 Å². The van der Waals surface area contributed by atoms with Gasteiger partial charge in [0.15, 0.2) is 0 Å². The molecular weight excluding hydrogens is 252 g/mol. The van der Waals surface area contributed by atoms with E-state index in [1.54, 1.807) is 0 Å². The summed E-state index contributed by atoms with van der Waals surface area (Å²) in [6, 6.07) is 10.3. The van der Waals surface area contributed by atoms with E-state index in [0.717, 1.165) is 12.6 Å². The lowest BCUT2D eigenvalue weighted by Gasteiger charge is -2.27. The normalized spacial score (nSPS) is 22.5. The summed E-state index contributed by atoms with van der Waals surface area (Å²) in [5.74, 6) is 2.39. The maximum Gasteiger partial charge on any atom is 0.0415 e. The summed E-state index contributed by atoms with van der Waals surface area (Å²) in [4.78, 5) is 2.62.